The Kier molecular flexibility index (Phi) is 5.06. The lowest BCUT2D eigenvalue weighted by Crippen LogP contribution is -2.42. The van der Waals surface area contributed by atoms with E-state index in [0.717, 1.165) is 0 Å². The third-order valence-electron chi connectivity index (χ3n) is 2.47. The Labute approximate surface area is 106 Å². The SMILES string of the molecule is CCNC(=O)c1cc(NC(C)(CO)CO)ccn1. The number of anilines is 1. The zero-order valence-electron chi connectivity index (χ0n) is 10.6. The highest BCUT2D eigenvalue weighted by Crippen LogP contribution is 2.15. The molecule has 0 bridgehead atoms. The van der Waals surface area contributed by atoms with E-state index in [2.05, 4.69) is 15.6 Å². The number of aromatic nitrogens is 1. The van der Waals surface area contributed by atoms with Gasteiger partial charge in [0.2, 0.25) is 0 Å². The van der Waals surface area contributed by atoms with Crippen LogP contribution in [0.25, 0.3) is 0 Å². The van der Waals surface area contributed by atoms with Crippen LogP contribution >= 0.6 is 0 Å². The van der Waals surface area contributed by atoms with Gasteiger partial charge in [0.25, 0.3) is 5.91 Å². The number of hydrogen-bond acceptors (Lipinski definition) is 5. The Balaban J connectivity index is 2.85. The van der Waals surface area contributed by atoms with Crippen molar-refractivity contribution < 1.29 is 15.0 Å². The van der Waals surface area contributed by atoms with E-state index in [0.29, 0.717) is 17.9 Å². The minimum Gasteiger partial charge on any atom is -0.394 e. The number of aliphatic hydroxyl groups is 2. The second-order valence-corrected chi connectivity index (χ2v) is 4.29. The van der Waals surface area contributed by atoms with E-state index >= 15 is 0 Å². The zero-order valence-corrected chi connectivity index (χ0v) is 10.6. The van der Waals surface area contributed by atoms with Gasteiger partial charge in [0.15, 0.2) is 0 Å². The minimum absolute atomic E-state index is 0.220. The van der Waals surface area contributed by atoms with E-state index in [9.17, 15) is 15.0 Å². The Morgan fingerprint density at radius 2 is 2.11 bits per heavy atom. The highest BCUT2D eigenvalue weighted by molar-refractivity contribution is 5.93. The molecule has 6 heteroatoms. The molecule has 0 saturated carbocycles. The maximum absolute atomic E-state index is 11.6. The molecule has 1 amide bonds. The second kappa shape index (κ2) is 6.32. The molecule has 1 rings (SSSR count). The fourth-order valence-electron chi connectivity index (χ4n) is 1.36. The van der Waals surface area contributed by atoms with Gasteiger partial charge in [-0.05, 0) is 26.0 Å². The number of carbonyl (C=O) groups is 1. The first kappa shape index (κ1) is 14.4. The van der Waals surface area contributed by atoms with Crippen LogP contribution < -0.4 is 10.6 Å². The number of carbonyl (C=O) groups excluding carboxylic acids is 1. The van der Waals surface area contributed by atoms with E-state index in [1.165, 1.54) is 6.20 Å². The van der Waals surface area contributed by atoms with E-state index in [-0.39, 0.29) is 19.1 Å². The van der Waals surface area contributed by atoms with Crippen LogP contribution in [0.2, 0.25) is 0 Å². The molecule has 4 N–H and O–H groups in total. The van der Waals surface area contributed by atoms with Gasteiger partial charge < -0.3 is 20.8 Å². The second-order valence-electron chi connectivity index (χ2n) is 4.29. The van der Waals surface area contributed by atoms with Crippen LogP contribution in [0.1, 0.15) is 24.3 Å². The topological polar surface area (TPSA) is 94.5 Å². The first-order chi connectivity index (χ1) is 8.54. The summed E-state index contributed by atoms with van der Waals surface area (Å²) in [6.07, 6.45) is 1.50. The third kappa shape index (κ3) is 3.68. The number of rotatable bonds is 6. The number of nitrogens with one attached hydrogen (secondary N) is 2. The zero-order chi connectivity index (χ0) is 13.6. The van der Waals surface area contributed by atoms with Crippen molar-refractivity contribution in [1.82, 2.24) is 10.3 Å². The lowest BCUT2D eigenvalue weighted by molar-refractivity contribution is 0.0951. The van der Waals surface area contributed by atoms with Crippen LogP contribution in [-0.2, 0) is 0 Å². The molecule has 0 fully saturated rings. The molecule has 0 aliphatic rings. The molecule has 0 aliphatic carbocycles. The summed E-state index contributed by atoms with van der Waals surface area (Å²) in [6, 6.07) is 3.25. The molecule has 0 unspecified atom stereocenters. The van der Waals surface area contributed by atoms with Crippen LogP contribution in [-0.4, -0.2) is 46.4 Å². The third-order valence-corrected chi connectivity index (χ3v) is 2.47. The van der Waals surface area contributed by atoms with E-state index in [4.69, 9.17) is 0 Å². The summed E-state index contributed by atoms with van der Waals surface area (Å²) >= 11 is 0. The molecule has 0 atom stereocenters. The normalized spacial score (nSPS) is 11.1. The number of aliphatic hydroxyl groups excluding tert-OH is 2. The van der Waals surface area contributed by atoms with Crippen molar-refractivity contribution in [3.63, 3.8) is 0 Å². The predicted molar refractivity (Wildman–Crippen MR) is 68.4 cm³/mol. The van der Waals surface area contributed by atoms with Crippen LogP contribution in [0, 0.1) is 0 Å². The number of hydrogen-bond donors (Lipinski definition) is 4. The molecule has 100 valence electrons. The van der Waals surface area contributed by atoms with Crippen molar-refractivity contribution in [3.05, 3.63) is 24.0 Å². The van der Waals surface area contributed by atoms with E-state index < -0.39 is 5.54 Å². The van der Waals surface area contributed by atoms with Gasteiger partial charge in [-0.3, -0.25) is 9.78 Å². The molecule has 6 nitrogen and oxygen atoms in total. The van der Waals surface area contributed by atoms with Crippen molar-refractivity contribution in [3.8, 4) is 0 Å². The summed E-state index contributed by atoms with van der Waals surface area (Å²) in [5, 5.41) is 24.0. The molecule has 1 aromatic rings. The molecule has 18 heavy (non-hydrogen) atoms. The highest BCUT2D eigenvalue weighted by atomic mass is 16.3. The smallest absolute Gasteiger partial charge is 0.269 e. The summed E-state index contributed by atoms with van der Waals surface area (Å²) < 4.78 is 0. The largest absolute Gasteiger partial charge is 0.394 e. The lowest BCUT2D eigenvalue weighted by Gasteiger charge is -2.27. The molecule has 0 aromatic carbocycles. The molecule has 0 aliphatic heterocycles. The van der Waals surface area contributed by atoms with Crippen LogP contribution in [0.5, 0.6) is 0 Å². The Hall–Kier alpha value is -1.66. The van der Waals surface area contributed by atoms with Crippen LogP contribution in [0.4, 0.5) is 5.69 Å². The molecular weight excluding hydrogens is 234 g/mol. The molecule has 0 radical (unpaired) electrons. The van der Waals surface area contributed by atoms with Crippen molar-refractivity contribution in [2.24, 2.45) is 0 Å². The standard InChI is InChI=1S/C12H19N3O3/c1-3-13-11(18)10-6-9(4-5-14-10)15-12(2,7-16)8-17/h4-6,16-17H,3,7-8H2,1-2H3,(H,13,18)(H,14,15). The average Bonchev–Trinajstić information content (AvgIpc) is 2.39. The lowest BCUT2D eigenvalue weighted by atomic mass is 10.1. The van der Waals surface area contributed by atoms with Gasteiger partial charge in [0.1, 0.15) is 5.69 Å². The molecule has 1 heterocycles. The molecule has 0 saturated heterocycles. The predicted octanol–water partition coefficient (Wildman–Crippen LogP) is -0.0135. The van der Waals surface area contributed by atoms with Crippen LogP contribution in [0.15, 0.2) is 18.3 Å². The first-order valence-electron chi connectivity index (χ1n) is 5.79. The fraction of sp³-hybridized carbons (Fsp3) is 0.500. The summed E-state index contributed by atoms with van der Waals surface area (Å²) in [5.74, 6) is -0.254. The van der Waals surface area contributed by atoms with Gasteiger partial charge >= 0.3 is 0 Å². The average molecular weight is 253 g/mol. The maximum Gasteiger partial charge on any atom is 0.269 e. The van der Waals surface area contributed by atoms with Gasteiger partial charge in [0.05, 0.1) is 18.8 Å². The molecule has 0 spiro atoms. The van der Waals surface area contributed by atoms with Gasteiger partial charge in [-0.15, -0.1) is 0 Å². The summed E-state index contributed by atoms with van der Waals surface area (Å²) in [7, 11) is 0. The number of amides is 1. The van der Waals surface area contributed by atoms with Crippen molar-refractivity contribution >= 4 is 11.6 Å². The summed E-state index contributed by atoms with van der Waals surface area (Å²) in [6.45, 7) is 3.60. The Morgan fingerprint density at radius 1 is 1.44 bits per heavy atom. The monoisotopic (exact) mass is 253 g/mol. The van der Waals surface area contributed by atoms with Gasteiger partial charge in [-0.1, -0.05) is 0 Å². The van der Waals surface area contributed by atoms with Gasteiger partial charge in [-0.2, -0.15) is 0 Å². The van der Waals surface area contributed by atoms with Gasteiger partial charge in [0, 0.05) is 18.4 Å². The number of pyridine rings is 1. The summed E-state index contributed by atoms with van der Waals surface area (Å²) in [4.78, 5) is 15.6. The van der Waals surface area contributed by atoms with E-state index in [1.54, 1.807) is 19.1 Å². The maximum atomic E-state index is 11.6. The first-order valence-corrected chi connectivity index (χ1v) is 5.79. The Bertz CT molecular complexity index is 405. The van der Waals surface area contributed by atoms with Crippen molar-refractivity contribution in [2.45, 2.75) is 19.4 Å². The summed E-state index contributed by atoms with van der Waals surface area (Å²) in [5.41, 5.74) is 0.0804. The fourth-order valence-corrected chi connectivity index (χ4v) is 1.36. The number of nitrogens with zero attached hydrogens (tertiary/aromatic N) is 1. The van der Waals surface area contributed by atoms with Crippen molar-refractivity contribution in [1.29, 1.82) is 0 Å². The minimum atomic E-state index is -0.833. The quantitative estimate of drug-likeness (QED) is 0.572. The van der Waals surface area contributed by atoms with E-state index in [1.807, 2.05) is 6.92 Å². The Morgan fingerprint density at radius 3 is 2.67 bits per heavy atom. The molecule has 1 aromatic heterocycles. The van der Waals surface area contributed by atoms with Crippen LogP contribution in [0.3, 0.4) is 0 Å². The highest BCUT2D eigenvalue weighted by Gasteiger charge is 2.22. The molecular formula is C12H19N3O3. The van der Waals surface area contributed by atoms with Crippen molar-refractivity contribution in [2.75, 3.05) is 25.1 Å². The van der Waals surface area contributed by atoms with Gasteiger partial charge in [-0.25, -0.2) is 0 Å².